The molecular weight excluding hydrogens is 374 g/mol. The van der Waals surface area contributed by atoms with Crippen LogP contribution >= 0.6 is 11.6 Å². The van der Waals surface area contributed by atoms with Crippen molar-refractivity contribution < 1.29 is 4.79 Å². The smallest absolute Gasteiger partial charge is 0.254 e. The number of hydrogen-bond donors (Lipinski definition) is 1. The van der Waals surface area contributed by atoms with E-state index in [4.69, 9.17) is 11.6 Å². The molecule has 0 bridgehead atoms. The lowest BCUT2D eigenvalue weighted by molar-refractivity contribution is 0.0746. The summed E-state index contributed by atoms with van der Waals surface area (Å²) in [4.78, 5) is 25.7. The van der Waals surface area contributed by atoms with Crippen LogP contribution in [0.3, 0.4) is 0 Å². The van der Waals surface area contributed by atoms with Gasteiger partial charge in [-0.3, -0.25) is 4.79 Å². The number of rotatable bonds is 4. The van der Waals surface area contributed by atoms with Gasteiger partial charge in [0.05, 0.1) is 0 Å². The van der Waals surface area contributed by atoms with Gasteiger partial charge in [0, 0.05) is 54.8 Å². The summed E-state index contributed by atoms with van der Waals surface area (Å²) in [5.41, 5.74) is 1.44. The van der Waals surface area contributed by atoms with E-state index in [-0.39, 0.29) is 5.91 Å². The SMILES string of the molecule is O=C(c1ccnc(Nc2cccc(Cl)c2)c1)N1CCN(c2ccccn2)CC1. The Balaban J connectivity index is 1.41. The van der Waals surface area contributed by atoms with E-state index in [1.54, 1.807) is 24.5 Å². The molecule has 6 nitrogen and oxygen atoms in total. The Bertz CT molecular complexity index is 958. The second kappa shape index (κ2) is 8.27. The number of carbonyl (C=O) groups is 1. The Morgan fingerprint density at radius 2 is 1.79 bits per heavy atom. The van der Waals surface area contributed by atoms with Crippen LogP contribution < -0.4 is 10.2 Å². The molecule has 2 aromatic heterocycles. The number of piperazine rings is 1. The molecule has 0 atom stereocenters. The van der Waals surface area contributed by atoms with Crippen LogP contribution in [0.5, 0.6) is 0 Å². The van der Waals surface area contributed by atoms with Gasteiger partial charge in [0.15, 0.2) is 0 Å². The highest BCUT2D eigenvalue weighted by molar-refractivity contribution is 6.30. The topological polar surface area (TPSA) is 61.4 Å². The van der Waals surface area contributed by atoms with Crippen LogP contribution in [-0.2, 0) is 0 Å². The summed E-state index contributed by atoms with van der Waals surface area (Å²) in [7, 11) is 0. The zero-order chi connectivity index (χ0) is 19.3. The number of amides is 1. The van der Waals surface area contributed by atoms with Crippen LogP contribution in [0.2, 0.25) is 5.02 Å². The molecule has 0 aliphatic carbocycles. The van der Waals surface area contributed by atoms with E-state index >= 15 is 0 Å². The lowest BCUT2D eigenvalue weighted by Gasteiger charge is -2.35. The van der Waals surface area contributed by atoms with Gasteiger partial charge in [0.1, 0.15) is 11.6 Å². The number of carbonyl (C=O) groups excluding carboxylic acids is 1. The van der Waals surface area contributed by atoms with Gasteiger partial charge in [0.2, 0.25) is 0 Å². The van der Waals surface area contributed by atoms with E-state index < -0.39 is 0 Å². The third-order valence-electron chi connectivity index (χ3n) is 4.64. The summed E-state index contributed by atoms with van der Waals surface area (Å²) in [5.74, 6) is 1.57. The number of aromatic nitrogens is 2. The average Bonchev–Trinajstić information content (AvgIpc) is 2.74. The van der Waals surface area contributed by atoms with E-state index in [1.165, 1.54) is 0 Å². The molecule has 1 aliphatic rings. The van der Waals surface area contributed by atoms with Crippen LogP contribution in [0.15, 0.2) is 67.0 Å². The van der Waals surface area contributed by atoms with Crippen molar-refractivity contribution in [3.05, 3.63) is 77.6 Å². The minimum Gasteiger partial charge on any atom is -0.353 e. The first kappa shape index (κ1) is 18.3. The van der Waals surface area contributed by atoms with Gasteiger partial charge in [0.25, 0.3) is 5.91 Å². The van der Waals surface area contributed by atoms with E-state index in [0.29, 0.717) is 29.5 Å². The van der Waals surface area contributed by atoms with Crippen LogP contribution in [0, 0.1) is 0 Å². The standard InChI is InChI=1S/C21H20ClN5O/c22-17-4-3-5-18(15-17)25-19-14-16(7-9-23-19)21(28)27-12-10-26(11-13-27)20-6-1-2-8-24-20/h1-9,14-15H,10-13H2,(H,23,25). The molecule has 4 rings (SSSR count). The predicted molar refractivity (Wildman–Crippen MR) is 111 cm³/mol. The molecule has 0 radical (unpaired) electrons. The zero-order valence-electron chi connectivity index (χ0n) is 15.3. The molecule has 1 aliphatic heterocycles. The molecule has 3 heterocycles. The molecule has 1 aromatic carbocycles. The Hall–Kier alpha value is -3.12. The third kappa shape index (κ3) is 4.23. The van der Waals surface area contributed by atoms with Crippen LogP contribution in [0.1, 0.15) is 10.4 Å². The molecule has 1 N–H and O–H groups in total. The normalized spacial score (nSPS) is 14.0. The number of pyridine rings is 2. The van der Waals surface area contributed by atoms with Crippen molar-refractivity contribution >= 4 is 34.8 Å². The molecular formula is C21H20ClN5O. The number of nitrogens with one attached hydrogen (secondary N) is 1. The van der Waals surface area contributed by atoms with Gasteiger partial charge < -0.3 is 15.1 Å². The molecule has 3 aromatic rings. The first-order valence-electron chi connectivity index (χ1n) is 9.13. The summed E-state index contributed by atoms with van der Waals surface area (Å²) in [6.45, 7) is 2.85. The number of benzene rings is 1. The lowest BCUT2D eigenvalue weighted by atomic mass is 10.2. The predicted octanol–water partition coefficient (Wildman–Crippen LogP) is 3.84. The highest BCUT2D eigenvalue weighted by atomic mass is 35.5. The second-order valence-corrected chi connectivity index (χ2v) is 6.97. The number of nitrogens with zero attached hydrogens (tertiary/aromatic N) is 4. The van der Waals surface area contributed by atoms with Crippen LogP contribution in [-0.4, -0.2) is 47.0 Å². The third-order valence-corrected chi connectivity index (χ3v) is 4.88. The Kier molecular flexibility index (Phi) is 5.39. The minimum atomic E-state index is 0.0113. The highest BCUT2D eigenvalue weighted by Crippen LogP contribution is 2.20. The Morgan fingerprint density at radius 1 is 0.929 bits per heavy atom. The van der Waals surface area contributed by atoms with Gasteiger partial charge in [-0.05, 0) is 42.5 Å². The molecule has 0 spiro atoms. The first-order chi connectivity index (χ1) is 13.7. The van der Waals surface area contributed by atoms with Crippen molar-refractivity contribution in [2.75, 3.05) is 36.4 Å². The van der Waals surface area contributed by atoms with Crippen molar-refractivity contribution in [1.82, 2.24) is 14.9 Å². The molecule has 1 amide bonds. The van der Waals surface area contributed by atoms with Gasteiger partial charge in [-0.15, -0.1) is 0 Å². The Labute approximate surface area is 168 Å². The summed E-state index contributed by atoms with van der Waals surface area (Å²) in [6.07, 6.45) is 3.43. The van der Waals surface area contributed by atoms with E-state index in [0.717, 1.165) is 24.6 Å². The van der Waals surface area contributed by atoms with Crippen molar-refractivity contribution in [2.24, 2.45) is 0 Å². The number of anilines is 3. The van der Waals surface area contributed by atoms with Gasteiger partial charge in [-0.25, -0.2) is 9.97 Å². The number of halogens is 1. The molecule has 142 valence electrons. The van der Waals surface area contributed by atoms with Gasteiger partial charge in [-0.1, -0.05) is 23.7 Å². The molecule has 7 heteroatoms. The zero-order valence-corrected chi connectivity index (χ0v) is 16.0. The van der Waals surface area contributed by atoms with E-state index in [9.17, 15) is 4.79 Å². The number of hydrogen-bond acceptors (Lipinski definition) is 5. The van der Waals surface area contributed by atoms with Crippen molar-refractivity contribution in [3.8, 4) is 0 Å². The highest BCUT2D eigenvalue weighted by Gasteiger charge is 2.23. The summed E-state index contributed by atoms with van der Waals surface area (Å²) in [5, 5.41) is 3.83. The quantitative estimate of drug-likeness (QED) is 0.729. The van der Waals surface area contributed by atoms with Crippen LogP contribution in [0.25, 0.3) is 0 Å². The monoisotopic (exact) mass is 393 g/mol. The summed E-state index contributed by atoms with van der Waals surface area (Å²) < 4.78 is 0. The fourth-order valence-electron chi connectivity index (χ4n) is 3.21. The lowest BCUT2D eigenvalue weighted by Crippen LogP contribution is -2.49. The summed E-state index contributed by atoms with van der Waals surface area (Å²) >= 11 is 6.02. The minimum absolute atomic E-state index is 0.0113. The fourth-order valence-corrected chi connectivity index (χ4v) is 3.40. The second-order valence-electron chi connectivity index (χ2n) is 6.53. The largest absolute Gasteiger partial charge is 0.353 e. The van der Waals surface area contributed by atoms with Crippen molar-refractivity contribution in [3.63, 3.8) is 0 Å². The summed E-state index contributed by atoms with van der Waals surface area (Å²) in [6, 6.07) is 16.8. The van der Waals surface area contributed by atoms with E-state index in [2.05, 4.69) is 20.2 Å². The molecule has 1 saturated heterocycles. The first-order valence-corrected chi connectivity index (χ1v) is 9.51. The molecule has 0 unspecified atom stereocenters. The Morgan fingerprint density at radius 3 is 2.54 bits per heavy atom. The maximum atomic E-state index is 12.9. The van der Waals surface area contributed by atoms with Crippen molar-refractivity contribution in [2.45, 2.75) is 0 Å². The van der Waals surface area contributed by atoms with Crippen LogP contribution in [0.4, 0.5) is 17.3 Å². The molecule has 1 fully saturated rings. The fraction of sp³-hybridized carbons (Fsp3) is 0.190. The van der Waals surface area contributed by atoms with Crippen molar-refractivity contribution in [1.29, 1.82) is 0 Å². The average molecular weight is 394 g/mol. The molecule has 0 saturated carbocycles. The molecule has 28 heavy (non-hydrogen) atoms. The van der Waals surface area contributed by atoms with E-state index in [1.807, 2.05) is 47.4 Å². The maximum absolute atomic E-state index is 12.9. The maximum Gasteiger partial charge on any atom is 0.254 e. The van der Waals surface area contributed by atoms with Gasteiger partial charge in [-0.2, -0.15) is 0 Å². The van der Waals surface area contributed by atoms with Gasteiger partial charge >= 0.3 is 0 Å².